The van der Waals surface area contributed by atoms with E-state index in [4.69, 9.17) is 9.47 Å². The molecule has 1 aliphatic rings. The van der Waals surface area contributed by atoms with Crippen LogP contribution < -0.4 is 15.5 Å². The van der Waals surface area contributed by atoms with Crippen LogP contribution in [0, 0.1) is 0 Å². The van der Waals surface area contributed by atoms with Gasteiger partial charge in [-0.1, -0.05) is 79.9 Å². The van der Waals surface area contributed by atoms with Gasteiger partial charge in [0.1, 0.15) is 12.6 Å². The third-order valence-corrected chi connectivity index (χ3v) is 7.11. The van der Waals surface area contributed by atoms with Crippen LogP contribution in [0.5, 0.6) is 0 Å². The normalized spacial score (nSPS) is 14.2. The third-order valence-electron chi connectivity index (χ3n) is 7.11. The van der Waals surface area contributed by atoms with Crippen molar-refractivity contribution in [3.8, 4) is 0 Å². The SMILES string of the molecule is O=C(Nc1ccccc1N(C[C@@H](NC(=O)C(F)(F)F)C(=O)OCc1ccccc1)C1CCCCC1)OC(=O)c1ccccc1. The van der Waals surface area contributed by atoms with Gasteiger partial charge in [0.25, 0.3) is 0 Å². The number of esters is 2. The van der Waals surface area contributed by atoms with Gasteiger partial charge in [0.05, 0.1) is 16.9 Å². The van der Waals surface area contributed by atoms with Crippen LogP contribution in [0.4, 0.5) is 29.3 Å². The first-order chi connectivity index (χ1) is 21.1. The van der Waals surface area contributed by atoms with Crippen LogP contribution in [0.1, 0.15) is 48.0 Å². The van der Waals surface area contributed by atoms with Crippen LogP contribution in [0.3, 0.4) is 0 Å². The molecule has 4 rings (SSSR count). The first-order valence-corrected chi connectivity index (χ1v) is 14.1. The fourth-order valence-corrected chi connectivity index (χ4v) is 4.96. The van der Waals surface area contributed by atoms with Gasteiger partial charge >= 0.3 is 30.1 Å². The van der Waals surface area contributed by atoms with Gasteiger partial charge in [0, 0.05) is 12.6 Å². The maximum Gasteiger partial charge on any atom is 0.471 e. The highest BCUT2D eigenvalue weighted by Crippen LogP contribution is 2.33. The summed E-state index contributed by atoms with van der Waals surface area (Å²) < 4.78 is 50.2. The molecule has 2 amide bonds. The lowest BCUT2D eigenvalue weighted by molar-refractivity contribution is -0.175. The maximum absolute atomic E-state index is 13.3. The predicted molar refractivity (Wildman–Crippen MR) is 156 cm³/mol. The summed E-state index contributed by atoms with van der Waals surface area (Å²) in [5, 5.41) is 4.34. The number of hydrogen-bond acceptors (Lipinski definition) is 7. The number of ether oxygens (including phenoxy) is 2. The van der Waals surface area contributed by atoms with E-state index in [2.05, 4.69) is 5.32 Å². The molecule has 1 saturated carbocycles. The average molecular weight is 612 g/mol. The molecule has 3 aromatic carbocycles. The van der Waals surface area contributed by atoms with Crippen molar-refractivity contribution >= 4 is 35.3 Å². The summed E-state index contributed by atoms with van der Waals surface area (Å²) in [6, 6.07) is 21.0. The number of nitrogens with zero attached hydrogens (tertiary/aromatic N) is 1. The topological polar surface area (TPSA) is 114 Å². The average Bonchev–Trinajstić information content (AvgIpc) is 3.03. The van der Waals surface area contributed by atoms with E-state index in [1.54, 1.807) is 76.9 Å². The van der Waals surface area contributed by atoms with Crippen molar-refractivity contribution in [2.45, 2.75) is 57.0 Å². The summed E-state index contributed by atoms with van der Waals surface area (Å²) in [5.41, 5.74) is 1.34. The molecule has 3 aromatic rings. The monoisotopic (exact) mass is 611 g/mol. The van der Waals surface area contributed by atoms with Gasteiger partial charge in [-0.25, -0.2) is 14.4 Å². The summed E-state index contributed by atoms with van der Waals surface area (Å²) >= 11 is 0. The van der Waals surface area contributed by atoms with Gasteiger partial charge in [0.15, 0.2) is 0 Å². The van der Waals surface area contributed by atoms with Crippen molar-refractivity contribution in [3.63, 3.8) is 0 Å². The number of anilines is 2. The van der Waals surface area contributed by atoms with E-state index in [0.717, 1.165) is 19.3 Å². The number of nitrogens with one attached hydrogen (secondary N) is 2. The lowest BCUT2D eigenvalue weighted by Gasteiger charge is -2.39. The second-order valence-corrected chi connectivity index (χ2v) is 10.2. The van der Waals surface area contributed by atoms with Crippen molar-refractivity contribution < 1.29 is 41.8 Å². The smallest absolute Gasteiger partial charge is 0.459 e. The van der Waals surface area contributed by atoms with Crippen LogP contribution >= 0.6 is 0 Å². The van der Waals surface area contributed by atoms with E-state index in [-0.39, 0.29) is 30.4 Å². The Morgan fingerprint density at radius 1 is 0.841 bits per heavy atom. The van der Waals surface area contributed by atoms with Crippen LogP contribution in [0.25, 0.3) is 0 Å². The van der Waals surface area contributed by atoms with Crippen molar-refractivity contribution in [3.05, 3.63) is 96.1 Å². The summed E-state index contributed by atoms with van der Waals surface area (Å²) in [4.78, 5) is 52.0. The molecule has 1 fully saturated rings. The zero-order valence-corrected chi connectivity index (χ0v) is 23.7. The summed E-state index contributed by atoms with van der Waals surface area (Å²) in [6.07, 6.45) is -2.35. The molecule has 1 atom stereocenters. The van der Waals surface area contributed by atoms with Crippen LogP contribution in [0.15, 0.2) is 84.9 Å². The van der Waals surface area contributed by atoms with E-state index in [9.17, 15) is 32.3 Å². The second kappa shape index (κ2) is 15.0. The molecule has 9 nitrogen and oxygen atoms in total. The largest absolute Gasteiger partial charge is 0.471 e. The van der Waals surface area contributed by atoms with Gasteiger partial charge in [-0.2, -0.15) is 13.2 Å². The number of alkyl halides is 3. The van der Waals surface area contributed by atoms with Gasteiger partial charge < -0.3 is 19.7 Å². The summed E-state index contributed by atoms with van der Waals surface area (Å²) in [5.74, 6) is -4.21. The highest BCUT2D eigenvalue weighted by molar-refractivity contribution is 6.01. The Morgan fingerprint density at radius 3 is 2.11 bits per heavy atom. The molecule has 0 aromatic heterocycles. The molecule has 0 saturated heterocycles. The molecule has 12 heteroatoms. The van der Waals surface area contributed by atoms with E-state index in [1.165, 1.54) is 18.2 Å². The first kappa shape index (κ1) is 32.1. The van der Waals surface area contributed by atoms with E-state index in [1.807, 2.05) is 0 Å². The second-order valence-electron chi connectivity index (χ2n) is 10.2. The number of amides is 2. The summed E-state index contributed by atoms with van der Waals surface area (Å²) in [6.45, 7) is -0.586. The number of carbonyl (C=O) groups excluding carboxylic acids is 4. The predicted octanol–water partition coefficient (Wildman–Crippen LogP) is 6.01. The van der Waals surface area contributed by atoms with Crippen LogP contribution in [-0.2, 0) is 25.7 Å². The Morgan fingerprint density at radius 2 is 1.45 bits per heavy atom. The molecule has 0 unspecified atom stereocenters. The van der Waals surface area contributed by atoms with Gasteiger partial charge in [-0.15, -0.1) is 0 Å². The Kier molecular flexibility index (Phi) is 11.0. The lowest BCUT2D eigenvalue weighted by Crippen LogP contribution is -2.54. The van der Waals surface area contributed by atoms with Gasteiger partial charge in [-0.3, -0.25) is 10.1 Å². The molecule has 232 valence electrons. The molecule has 1 aliphatic carbocycles. The van der Waals surface area contributed by atoms with Crippen molar-refractivity contribution in [1.29, 1.82) is 0 Å². The quantitative estimate of drug-likeness (QED) is 0.213. The Balaban J connectivity index is 1.59. The molecule has 44 heavy (non-hydrogen) atoms. The van der Waals surface area contributed by atoms with E-state index in [0.29, 0.717) is 24.1 Å². The zero-order chi connectivity index (χ0) is 31.5. The number of para-hydroxylation sites is 2. The third kappa shape index (κ3) is 9.06. The Labute approximate surface area is 252 Å². The Bertz CT molecular complexity index is 1430. The minimum atomic E-state index is -5.23. The van der Waals surface area contributed by atoms with Crippen molar-refractivity contribution in [2.75, 3.05) is 16.8 Å². The summed E-state index contributed by atoms with van der Waals surface area (Å²) in [7, 11) is 0. The molecule has 0 heterocycles. The Hall–Kier alpha value is -4.87. The molecule has 0 radical (unpaired) electrons. The molecular formula is C32H32F3N3O6. The minimum absolute atomic E-state index is 0.164. The molecule has 2 N–H and O–H groups in total. The minimum Gasteiger partial charge on any atom is -0.459 e. The van der Waals surface area contributed by atoms with Crippen molar-refractivity contribution in [2.24, 2.45) is 0 Å². The van der Waals surface area contributed by atoms with Gasteiger partial charge in [-0.05, 0) is 42.7 Å². The molecule has 0 bridgehead atoms. The fourth-order valence-electron chi connectivity index (χ4n) is 4.96. The number of rotatable bonds is 10. The highest BCUT2D eigenvalue weighted by Gasteiger charge is 2.42. The van der Waals surface area contributed by atoms with Crippen LogP contribution in [-0.4, -0.2) is 48.7 Å². The number of carbonyl (C=O) groups is 4. The number of benzene rings is 3. The number of halogens is 3. The lowest BCUT2D eigenvalue weighted by atomic mass is 9.93. The zero-order valence-electron chi connectivity index (χ0n) is 23.7. The molecule has 0 aliphatic heterocycles. The van der Waals surface area contributed by atoms with Crippen LogP contribution in [0.2, 0.25) is 0 Å². The highest BCUT2D eigenvalue weighted by atomic mass is 19.4. The molecule has 0 spiro atoms. The fraction of sp³-hybridized carbons (Fsp3) is 0.312. The maximum atomic E-state index is 13.3. The van der Waals surface area contributed by atoms with E-state index >= 15 is 0 Å². The molecular weight excluding hydrogens is 579 g/mol. The van der Waals surface area contributed by atoms with Gasteiger partial charge in [0.2, 0.25) is 0 Å². The number of hydrogen-bond donors (Lipinski definition) is 2. The first-order valence-electron chi connectivity index (χ1n) is 14.1. The standard InChI is InChI=1S/C32H32F3N3O6/c33-32(34,35)30(41)36-26(29(40)43-21-22-12-4-1-5-13-22)20-38(24-16-8-3-9-17-24)27-19-11-10-18-25(27)37-31(42)44-28(39)23-14-6-2-7-15-23/h1-2,4-7,10-15,18-19,24,26H,3,8-9,16-17,20-21H2,(H,36,41)(H,37,42)/t26-/m1/s1. The van der Waals surface area contributed by atoms with Crippen molar-refractivity contribution in [1.82, 2.24) is 5.32 Å². The van der Waals surface area contributed by atoms with E-state index < -0.39 is 36.2 Å².